The normalized spacial score (nSPS) is 16.6. The van der Waals surface area contributed by atoms with E-state index >= 15 is 0 Å². The molecular formula is C7H8O4S. The highest BCUT2D eigenvalue weighted by Gasteiger charge is 2.23. The second-order valence-electron chi connectivity index (χ2n) is 2.31. The van der Waals surface area contributed by atoms with Gasteiger partial charge in [-0.3, -0.25) is 4.79 Å². The summed E-state index contributed by atoms with van der Waals surface area (Å²) in [5.74, 6) is -0.717. The molecule has 1 N–H and O–H groups in total. The lowest BCUT2D eigenvalue weighted by atomic mass is 10.3. The Kier molecular flexibility index (Phi) is 2.75. The molecule has 0 fully saturated rings. The number of esters is 1. The van der Waals surface area contributed by atoms with Crippen molar-refractivity contribution in [3.05, 3.63) is 11.3 Å². The molecule has 0 unspecified atom stereocenters. The Hall–Kier alpha value is -0.970. The van der Waals surface area contributed by atoms with Crippen molar-refractivity contribution in [1.82, 2.24) is 0 Å². The summed E-state index contributed by atoms with van der Waals surface area (Å²) in [4.78, 5) is 21.1. The molecule has 0 aromatic carbocycles. The van der Waals surface area contributed by atoms with Gasteiger partial charge < -0.3 is 9.84 Å². The molecule has 1 rings (SSSR count). The molecule has 5 heteroatoms. The number of cyclic esters (lactones) is 1. The van der Waals surface area contributed by atoms with Crippen LogP contribution in [0.25, 0.3) is 0 Å². The summed E-state index contributed by atoms with van der Waals surface area (Å²) >= 11 is 1.05. The number of ether oxygens (including phenoxy) is 1. The number of aliphatic hydroxyl groups is 1. The van der Waals surface area contributed by atoms with Crippen LogP contribution in [0, 0.1) is 0 Å². The zero-order chi connectivity index (χ0) is 9.14. The van der Waals surface area contributed by atoms with Crippen molar-refractivity contribution in [2.75, 3.05) is 12.4 Å². The van der Waals surface area contributed by atoms with E-state index in [1.54, 1.807) is 0 Å². The highest BCUT2D eigenvalue weighted by molar-refractivity contribution is 8.13. The Morgan fingerprint density at radius 2 is 2.42 bits per heavy atom. The fourth-order valence-corrected chi connectivity index (χ4v) is 1.33. The first-order valence-electron chi connectivity index (χ1n) is 3.32. The van der Waals surface area contributed by atoms with Crippen molar-refractivity contribution in [2.45, 2.75) is 6.92 Å². The smallest absolute Gasteiger partial charge is 0.373 e. The van der Waals surface area contributed by atoms with Gasteiger partial charge in [-0.1, -0.05) is 11.8 Å². The predicted molar refractivity (Wildman–Crippen MR) is 43.8 cm³/mol. The third-order valence-corrected chi connectivity index (χ3v) is 2.25. The van der Waals surface area contributed by atoms with Crippen LogP contribution in [0.4, 0.5) is 0 Å². The number of rotatable bonds is 2. The standard InChI is InChI=1S/C7H8O4S/c1-4(8)12-3-5-2-11-7(10)6(5)9/h9H,2-3H2,1H3. The molecule has 12 heavy (non-hydrogen) atoms. The minimum Gasteiger partial charge on any atom is -0.502 e. The quantitative estimate of drug-likeness (QED) is 0.644. The van der Waals surface area contributed by atoms with Crippen molar-refractivity contribution >= 4 is 22.8 Å². The van der Waals surface area contributed by atoms with E-state index in [1.165, 1.54) is 6.92 Å². The van der Waals surface area contributed by atoms with Gasteiger partial charge in [0.15, 0.2) is 5.12 Å². The lowest BCUT2D eigenvalue weighted by Gasteiger charge is -1.95. The molecule has 0 spiro atoms. The van der Waals surface area contributed by atoms with Gasteiger partial charge in [-0.15, -0.1) is 0 Å². The van der Waals surface area contributed by atoms with Crippen LogP contribution in [0.15, 0.2) is 11.3 Å². The van der Waals surface area contributed by atoms with Crippen LogP contribution in [0.1, 0.15) is 6.92 Å². The van der Waals surface area contributed by atoms with E-state index < -0.39 is 5.97 Å². The fourth-order valence-electron chi connectivity index (χ4n) is 0.732. The molecule has 0 saturated heterocycles. The van der Waals surface area contributed by atoms with Crippen molar-refractivity contribution in [2.24, 2.45) is 0 Å². The first-order chi connectivity index (χ1) is 5.61. The lowest BCUT2D eigenvalue weighted by molar-refractivity contribution is -0.138. The summed E-state index contributed by atoms with van der Waals surface area (Å²) in [6.07, 6.45) is 0. The maximum atomic E-state index is 10.6. The van der Waals surface area contributed by atoms with Crippen LogP contribution in [-0.4, -0.2) is 28.6 Å². The summed E-state index contributed by atoms with van der Waals surface area (Å²) < 4.78 is 4.52. The van der Waals surface area contributed by atoms with E-state index in [0.29, 0.717) is 11.3 Å². The van der Waals surface area contributed by atoms with Gasteiger partial charge >= 0.3 is 5.97 Å². The minimum absolute atomic E-state index is 0.0466. The number of thioether (sulfide) groups is 1. The summed E-state index contributed by atoms with van der Waals surface area (Å²) in [5, 5.41) is 9.00. The first-order valence-corrected chi connectivity index (χ1v) is 4.31. The average molecular weight is 188 g/mol. The largest absolute Gasteiger partial charge is 0.502 e. The molecule has 0 aliphatic carbocycles. The molecule has 0 aromatic heterocycles. The number of hydrogen-bond acceptors (Lipinski definition) is 5. The Morgan fingerprint density at radius 3 is 2.83 bits per heavy atom. The summed E-state index contributed by atoms with van der Waals surface area (Å²) in [6.45, 7) is 1.53. The van der Waals surface area contributed by atoms with Crippen LogP contribution >= 0.6 is 11.8 Å². The SMILES string of the molecule is CC(=O)SCC1=C(O)C(=O)OC1. The minimum atomic E-state index is -0.700. The second kappa shape index (κ2) is 3.62. The molecule has 0 amide bonds. The number of carbonyl (C=O) groups excluding carboxylic acids is 2. The molecule has 0 atom stereocenters. The molecule has 0 radical (unpaired) electrons. The lowest BCUT2D eigenvalue weighted by Crippen LogP contribution is -1.97. The number of carbonyl (C=O) groups is 2. The van der Waals surface area contributed by atoms with E-state index in [-0.39, 0.29) is 17.5 Å². The van der Waals surface area contributed by atoms with Gasteiger partial charge in [0.2, 0.25) is 5.76 Å². The van der Waals surface area contributed by atoms with Gasteiger partial charge in [0.25, 0.3) is 0 Å². The van der Waals surface area contributed by atoms with Crippen LogP contribution < -0.4 is 0 Å². The second-order valence-corrected chi connectivity index (χ2v) is 3.46. The molecular weight excluding hydrogens is 180 g/mol. The molecule has 1 aliphatic heterocycles. The van der Waals surface area contributed by atoms with E-state index in [9.17, 15) is 9.59 Å². The number of hydrogen-bond donors (Lipinski definition) is 1. The van der Waals surface area contributed by atoms with Crippen LogP contribution in [0.2, 0.25) is 0 Å². The monoisotopic (exact) mass is 188 g/mol. The third-order valence-electron chi connectivity index (χ3n) is 1.36. The Morgan fingerprint density at radius 1 is 1.75 bits per heavy atom. The molecule has 4 nitrogen and oxygen atoms in total. The highest BCUT2D eigenvalue weighted by atomic mass is 32.2. The van der Waals surface area contributed by atoms with Crippen molar-refractivity contribution in [3.63, 3.8) is 0 Å². The summed E-state index contributed by atoms with van der Waals surface area (Å²) in [5.41, 5.74) is 0.486. The number of aliphatic hydroxyl groups excluding tert-OH is 1. The molecule has 0 bridgehead atoms. The molecule has 1 heterocycles. The third kappa shape index (κ3) is 2.01. The van der Waals surface area contributed by atoms with E-state index in [1.807, 2.05) is 0 Å². The van der Waals surface area contributed by atoms with Crippen LogP contribution in [0.5, 0.6) is 0 Å². The Labute approximate surface area is 73.6 Å². The summed E-state index contributed by atoms with van der Waals surface area (Å²) in [7, 11) is 0. The molecule has 0 saturated carbocycles. The Bertz CT molecular complexity index is 256. The van der Waals surface area contributed by atoms with Gasteiger partial charge in [-0.25, -0.2) is 4.79 Å². The van der Waals surface area contributed by atoms with Crippen molar-refractivity contribution in [3.8, 4) is 0 Å². The summed E-state index contributed by atoms with van der Waals surface area (Å²) in [6, 6.07) is 0. The maximum Gasteiger partial charge on any atom is 0.373 e. The van der Waals surface area contributed by atoms with E-state index in [2.05, 4.69) is 4.74 Å². The van der Waals surface area contributed by atoms with Gasteiger partial charge in [-0.05, 0) is 0 Å². The molecule has 0 aromatic rings. The maximum absolute atomic E-state index is 10.6. The average Bonchev–Trinajstić information content (AvgIpc) is 2.30. The van der Waals surface area contributed by atoms with Gasteiger partial charge in [0, 0.05) is 18.2 Å². The van der Waals surface area contributed by atoms with E-state index in [0.717, 1.165) is 11.8 Å². The first kappa shape index (κ1) is 9.12. The fraction of sp³-hybridized carbons (Fsp3) is 0.429. The van der Waals surface area contributed by atoms with Crippen LogP contribution in [0.3, 0.4) is 0 Å². The molecule has 1 aliphatic rings. The molecule has 66 valence electrons. The van der Waals surface area contributed by atoms with Crippen LogP contribution in [-0.2, 0) is 14.3 Å². The zero-order valence-corrected chi connectivity index (χ0v) is 7.31. The predicted octanol–water partition coefficient (Wildman–Crippen LogP) is 0.635. The van der Waals surface area contributed by atoms with Crippen molar-refractivity contribution in [1.29, 1.82) is 0 Å². The Balaban J connectivity index is 2.53. The van der Waals surface area contributed by atoms with Crippen molar-refractivity contribution < 1.29 is 19.4 Å². The van der Waals surface area contributed by atoms with E-state index in [4.69, 9.17) is 5.11 Å². The van der Waals surface area contributed by atoms with Gasteiger partial charge in [0.05, 0.1) is 0 Å². The zero-order valence-electron chi connectivity index (χ0n) is 6.49. The topological polar surface area (TPSA) is 63.6 Å². The van der Waals surface area contributed by atoms with Gasteiger partial charge in [-0.2, -0.15) is 0 Å². The van der Waals surface area contributed by atoms with Gasteiger partial charge in [0.1, 0.15) is 6.61 Å². The highest BCUT2D eigenvalue weighted by Crippen LogP contribution is 2.18.